The third-order valence-corrected chi connectivity index (χ3v) is 2.45. The smallest absolute Gasteiger partial charge is 0.241 e. The van der Waals surface area contributed by atoms with Crippen LogP contribution in [0.2, 0.25) is 0 Å². The molecular weight excluding hydrogens is 266 g/mol. The molecule has 0 aliphatic heterocycles. The van der Waals surface area contributed by atoms with Crippen LogP contribution in [0.3, 0.4) is 0 Å². The predicted octanol–water partition coefficient (Wildman–Crippen LogP) is 3.51. The Morgan fingerprint density at radius 1 is 1.19 bits per heavy atom. The molecule has 1 aromatic heterocycles. The van der Waals surface area contributed by atoms with Crippen molar-refractivity contribution >= 4 is 5.69 Å². The van der Waals surface area contributed by atoms with Gasteiger partial charge in [0.05, 0.1) is 17.3 Å². The van der Waals surface area contributed by atoms with Gasteiger partial charge in [-0.05, 0) is 45.0 Å². The molecule has 0 atom stereocenters. The molecule has 0 radical (unpaired) electrons. The molecule has 2 rings (SSSR count). The molecule has 0 saturated carbocycles. The number of anilines is 1. The number of nitrogen functional groups attached to an aromatic ring is 1. The molecule has 0 aliphatic rings. The predicted molar refractivity (Wildman–Crippen MR) is 80.3 cm³/mol. The largest absolute Gasteiger partial charge is 0.470 e. The van der Waals surface area contributed by atoms with Gasteiger partial charge in [-0.2, -0.15) is 10.2 Å². The number of rotatable bonds is 3. The fourth-order valence-corrected chi connectivity index (χ4v) is 1.61. The molecule has 1 heterocycles. The van der Waals surface area contributed by atoms with Crippen molar-refractivity contribution in [2.45, 2.75) is 26.4 Å². The van der Waals surface area contributed by atoms with Crippen molar-refractivity contribution in [3.8, 4) is 23.6 Å². The van der Waals surface area contributed by atoms with Gasteiger partial charge in [0.1, 0.15) is 11.4 Å². The highest BCUT2D eigenvalue weighted by molar-refractivity contribution is 5.50. The molecule has 0 bridgehead atoms. The summed E-state index contributed by atoms with van der Waals surface area (Å²) in [6.07, 6.45) is 0. The standard InChI is InChI=1S/C16H17N3O2/c1-16(2,3)21-15-13(18)7-8-14(19-15)20-12-6-4-5-11(9-12)10-17/h4-9H,18H2,1-3H3. The highest BCUT2D eigenvalue weighted by Gasteiger charge is 2.16. The Kier molecular flexibility index (Phi) is 3.99. The summed E-state index contributed by atoms with van der Waals surface area (Å²) in [6, 6.07) is 12.2. The molecule has 0 amide bonds. The number of ether oxygens (including phenoxy) is 2. The van der Waals surface area contributed by atoms with Crippen LogP contribution in [-0.4, -0.2) is 10.6 Å². The summed E-state index contributed by atoms with van der Waals surface area (Å²) in [5.41, 5.74) is 6.42. The van der Waals surface area contributed by atoms with Gasteiger partial charge in [0, 0.05) is 6.07 Å². The fraction of sp³-hybridized carbons (Fsp3) is 0.250. The highest BCUT2D eigenvalue weighted by Crippen LogP contribution is 2.28. The Labute approximate surface area is 123 Å². The number of hydrogen-bond acceptors (Lipinski definition) is 5. The van der Waals surface area contributed by atoms with Gasteiger partial charge in [-0.15, -0.1) is 0 Å². The van der Waals surface area contributed by atoms with Gasteiger partial charge in [0.2, 0.25) is 11.8 Å². The molecule has 0 saturated heterocycles. The van der Waals surface area contributed by atoms with Gasteiger partial charge in [-0.3, -0.25) is 0 Å². The minimum absolute atomic E-state index is 0.330. The van der Waals surface area contributed by atoms with Crippen molar-refractivity contribution in [1.82, 2.24) is 4.98 Å². The summed E-state index contributed by atoms with van der Waals surface area (Å²) in [7, 11) is 0. The van der Waals surface area contributed by atoms with Crippen molar-refractivity contribution in [2.75, 3.05) is 5.73 Å². The van der Waals surface area contributed by atoms with Crippen molar-refractivity contribution in [2.24, 2.45) is 0 Å². The lowest BCUT2D eigenvalue weighted by Gasteiger charge is -2.21. The summed E-state index contributed by atoms with van der Waals surface area (Å²) in [5, 5.41) is 8.88. The molecule has 0 unspecified atom stereocenters. The molecule has 0 fully saturated rings. The van der Waals surface area contributed by atoms with E-state index in [0.717, 1.165) is 0 Å². The normalized spacial score (nSPS) is 10.8. The first kappa shape index (κ1) is 14.7. The van der Waals surface area contributed by atoms with Gasteiger partial charge < -0.3 is 15.2 Å². The number of hydrogen-bond donors (Lipinski definition) is 1. The molecule has 2 aromatic rings. The number of benzene rings is 1. The van der Waals surface area contributed by atoms with E-state index in [1.54, 1.807) is 36.4 Å². The topological polar surface area (TPSA) is 81.2 Å². The number of aromatic nitrogens is 1. The van der Waals surface area contributed by atoms with Crippen LogP contribution in [0.1, 0.15) is 26.3 Å². The van der Waals surface area contributed by atoms with E-state index in [-0.39, 0.29) is 0 Å². The van der Waals surface area contributed by atoms with Crippen LogP contribution in [-0.2, 0) is 0 Å². The molecule has 5 heteroatoms. The fourth-order valence-electron chi connectivity index (χ4n) is 1.61. The minimum Gasteiger partial charge on any atom is -0.470 e. The van der Waals surface area contributed by atoms with Crippen LogP contribution in [0, 0.1) is 11.3 Å². The lowest BCUT2D eigenvalue weighted by Crippen LogP contribution is -2.24. The van der Waals surface area contributed by atoms with Crippen molar-refractivity contribution in [3.63, 3.8) is 0 Å². The first-order valence-corrected chi connectivity index (χ1v) is 6.51. The molecule has 21 heavy (non-hydrogen) atoms. The van der Waals surface area contributed by atoms with E-state index < -0.39 is 5.60 Å². The molecule has 5 nitrogen and oxygen atoms in total. The Morgan fingerprint density at radius 3 is 2.62 bits per heavy atom. The van der Waals surface area contributed by atoms with Crippen LogP contribution >= 0.6 is 0 Å². The Balaban J connectivity index is 2.25. The van der Waals surface area contributed by atoms with Crippen molar-refractivity contribution in [1.29, 1.82) is 5.26 Å². The zero-order valence-electron chi connectivity index (χ0n) is 12.3. The third kappa shape index (κ3) is 4.11. The maximum absolute atomic E-state index is 8.88. The van der Waals surface area contributed by atoms with Crippen LogP contribution in [0.25, 0.3) is 0 Å². The quantitative estimate of drug-likeness (QED) is 0.932. The van der Waals surface area contributed by atoms with Gasteiger partial charge >= 0.3 is 0 Å². The molecule has 0 aliphatic carbocycles. The van der Waals surface area contributed by atoms with E-state index in [1.165, 1.54) is 0 Å². The lowest BCUT2D eigenvalue weighted by atomic mass is 10.2. The van der Waals surface area contributed by atoms with Crippen LogP contribution in [0.5, 0.6) is 17.5 Å². The SMILES string of the molecule is CC(C)(C)Oc1nc(Oc2cccc(C#N)c2)ccc1N. The Morgan fingerprint density at radius 2 is 1.95 bits per heavy atom. The monoisotopic (exact) mass is 283 g/mol. The Hall–Kier alpha value is -2.74. The van der Waals surface area contributed by atoms with Gasteiger partial charge in [0.25, 0.3) is 0 Å². The van der Waals surface area contributed by atoms with Gasteiger partial charge in [-0.1, -0.05) is 6.07 Å². The molecular formula is C16H17N3O2. The van der Waals surface area contributed by atoms with Crippen molar-refractivity contribution < 1.29 is 9.47 Å². The van der Waals surface area contributed by atoms with Gasteiger partial charge in [0.15, 0.2) is 0 Å². The molecule has 1 aromatic carbocycles. The van der Waals surface area contributed by atoms with E-state index in [0.29, 0.717) is 28.8 Å². The molecule has 2 N–H and O–H groups in total. The van der Waals surface area contributed by atoms with E-state index >= 15 is 0 Å². The van der Waals surface area contributed by atoms with E-state index in [4.69, 9.17) is 20.5 Å². The highest BCUT2D eigenvalue weighted by atomic mass is 16.5. The molecule has 0 spiro atoms. The van der Waals surface area contributed by atoms with Crippen LogP contribution in [0.4, 0.5) is 5.69 Å². The van der Waals surface area contributed by atoms with Crippen LogP contribution < -0.4 is 15.2 Å². The maximum Gasteiger partial charge on any atom is 0.241 e. The number of nitriles is 1. The number of nitrogens with two attached hydrogens (primary N) is 1. The second-order valence-corrected chi connectivity index (χ2v) is 5.50. The van der Waals surface area contributed by atoms with E-state index in [2.05, 4.69) is 11.1 Å². The van der Waals surface area contributed by atoms with Crippen LogP contribution in [0.15, 0.2) is 36.4 Å². The average molecular weight is 283 g/mol. The zero-order valence-corrected chi connectivity index (χ0v) is 12.3. The number of nitrogens with zero attached hydrogens (tertiary/aromatic N) is 2. The molecule has 108 valence electrons. The average Bonchev–Trinajstić information content (AvgIpc) is 2.41. The van der Waals surface area contributed by atoms with Crippen molar-refractivity contribution in [3.05, 3.63) is 42.0 Å². The summed E-state index contributed by atoms with van der Waals surface area (Å²) in [5.74, 6) is 1.23. The van der Waals surface area contributed by atoms with E-state index in [1.807, 2.05) is 20.8 Å². The summed E-state index contributed by atoms with van der Waals surface area (Å²) >= 11 is 0. The summed E-state index contributed by atoms with van der Waals surface area (Å²) in [6.45, 7) is 5.74. The zero-order chi connectivity index (χ0) is 15.5. The minimum atomic E-state index is -0.402. The summed E-state index contributed by atoms with van der Waals surface area (Å²) in [4.78, 5) is 4.26. The second-order valence-electron chi connectivity index (χ2n) is 5.50. The number of pyridine rings is 1. The summed E-state index contributed by atoms with van der Waals surface area (Å²) < 4.78 is 11.3. The maximum atomic E-state index is 8.88. The van der Waals surface area contributed by atoms with E-state index in [9.17, 15) is 0 Å². The first-order valence-electron chi connectivity index (χ1n) is 6.51. The third-order valence-electron chi connectivity index (χ3n) is 2.45. The Bertz CT molecular complexity index is 685. The lowest BCUT2D eigenvalue weighted by molar-refractivity contribution is 0.124. The van der Waals surface area contributed by atoms with Gasteiger partial charge in [-0.25, -0.2) is 0 Å². The second kappa shape index (κ2) is 5.71. The first-order chi connectivity index (χ1) is 9.87.